The van der Waals surface area contributed by atoms with E-state index in [-0.39, 0.29) is 11.6 Å². The van der Waals surface area contributed by atoms with Crippen LogP contribution in [0.3, 0.4) is 0 Å². The Morgan fingerprint density at radius 2 is 1.77 bits per heavy atom. The van der Waals surface area contributed by atoms with Gasteiger partial charge in [-0.2, -0.15) is 0 Å². The van der Waals surface area contributed by atoms with Gasteiger partial charge in [-0.05, 0) is 38.0 Å². The Bertz CT molecular complexity index is 1150. The highest BCUT2D eigenvalue weighted by Gasteiger charge is 2.22. The minimum absolute atomic E-state index is 0.240. The van der Waals surface area contributed by atoms with Crippen molar-refractivity contribution in [1.29, 1.82) is 0 Å². The van der Waals surface area contributed by atoms with Gasteiger partial charge < -0.3 is 9.15 Å². The third-order valence-corrected chi connectivity index (χ3v) is 5.58. The third-order valence-electron chi connectivity index (χ3n) is 4.69. The van der Waals surface area contributed by atoms with E-state index in [0.717, 1.165) is 28.1 Å². The first-order valence-electron chi connectivity index (χ1n) is 9.69. The summed E-state index contributed by atoms with van der Waals surface area (Å²) in [6.45, 7) is 5.82. The molecule has 0 saturated carbocycles. The van der Waals surface area contributed by atoms with Crippen molar-refractivity contribution in [3.63, 3.8) is 0 Å². The summed E-state index contributed by atoms with van der Waals surface area (Å²) < 4.78 is 11.2. The summed E-state index contributed by atoms with van der Waals surface area (Å²) in [4.78, 5) is 16.9. The number of nitrogens with zero attached hydrogens (tertiary/aromatic N) is 3. The Balaban J connectivity index is 1.44. The van der Waals surface area contributed by atoms with E-state index in [1.165, 1.54) is 16.9 Å². The van der Waals surface area contributed by atoms with Crippen molar-refractivity contribution in [2.45, 2.75) is 33.3 Å². The highest BCUT2D eigenvalue weighted by atomic mass is 32.1. The zero-order valence-corrected chi connectivity index (χ0v) is 17.8. The van der Waals surface area contributed by atoms with E-state index in [0.29, 0.717) is 5.89 Å². The molecule has 30 heavy (non-hydrogen) atoms. The summed E-state index contributed by atoms with van der Waals surface area (Å²) in [6, 6.07) is 15.9. The fraction of sp³-hybridized carbons (Fsp3) is 0.217. The van der Waals surface area contributed by atoms with E-state index in [1.54, 1.807) is 12.3 Å². The minimum Gasteiger partial charge on any atom is -0.448 e. The highest BCUT2D eigenvalue weighted by molar-refractivity contribution is 7.13. The quantitative estimate of drug-likeness (QED) is 0.376. The number of carbonyl (C=O) groups is 1. The topological polar surface area (TPSA) is 78.1 Å². The van der Waals surface area contributed by atoms with Crippen LogP contribution in [0.5, 0.6) is 0 Å². The molecule has 0 fully saturated rings. The average Bonchev–Trinajstić information content (AvgIpc) is 3.45. The molecule has 152 valence electrons. The maximum atomic E-state index is 12.5. The Morgan fingerprint density at radius 3 is 2.47 bits per heavy atom. The van der Waals surface area contributed by atoms with Crippen LogP contribution < -0.4 is 0 Å². The van der Waals surface area contributed by atoms with Crippen molar-refractivity contribution in [3.05, 3.63) is 76.6 Å². The lowest BCUT2D eigenvalue weighted by Crippen LogP contribution is -2.10. The van der Waals surface area contributed by atoms with Crippen LogP contribution in [-0.4, -0.2) is 21.2 Å². The SMILES string of the molecule is CCc1ccc(-c2nc(C(=O)O[C@@H](C)c3nnc(-c4ccc(C)cc4)o3)cs2)cc1. The Labute approximate surface area is 178 Å². The zero-order chi connectivity index (χ0) is 21.1. The molecule has 0 aliphatic rings. The number of benzene rings is 2. The van der Waals surface area contributed by atoms with Crippen LogP contribution in [-0.2, 0) is 11.2 Å². The number of esters is 1. The maximum absolute atomic E-state index is 12.5. The number of rotatable bonds is 6. The number of hydrogen-bond donors (Lipinski definition) is 0. The molecule has 0 saturated heterocycles. The lowest BCUT2D eigenvalue weighted by Gasteiger charge is -2.07. The van der Waals surface area contributed by atoms with Crippen molar-refractivity contribution in [2.75, 3.05) is 0 Å². The molecule has 0 aliphatic heterocycles. The van der Waals surface area contributed by atoms with E-state index >= 15 is 0 Å². The van der Waals surface area contributed by atoms with Gasteiger partial charge in [-0.25, -0.2) is 9.78 Å². The molecule has 0 bridgehead atoms. The predicted octanol–water partition coefficient (Wildman–Crippen LogP) is 5.65. The summed E-state index contributed by atoms with van der Waals surface area (Å²) in [7, 11) is 0. The molecule has 1 atom stereocenters. The maximum Gasteiger partial charge on any atom is 0.358 e. The first-order valence-corrected chi connectivity index (χ1v) is 10.6. The molecule has 2 aromatic carbocycles. The van der Waals surface area contributed by atoms with Gasteiger partial charge in [-0.15, -0.1) is 21.5 Å². The zero-order valence-electron chi connectivity index (χ0n) is 17.0. The number of hydrogen-bond acceptors (Lipinski definition) is 7. The summed E-state index contributed by atoms with van der Waals surface area (Å²) in [5.74, 6) is 0.106. The number of carbonyl (C=O) groups excluding carboxylic acids is 1. The van der Waals surface area contributed by atoms with Crippen LogP contribution in [0.4, 0.5) is 0 Å². The molecule has 2 heterocycles. The summed E-state index contributed by atoms with van der Waals surface area (Å²) >= 11 is 1.41. The fourth-order valence-electron chi connectivity index (χ4n) is 2.87. The monoisotopic (exact) mass is 419 g/mol. The van der Waals surface area contributed by atoms with Crippen molar-refractivity contribution >= 4 is 17.3 Å². The van der Waals surface area contributed by atoms with Gasteiger partial charge in [0, 0.05) is 16.5 Å². The summed E-state index contributed by atoms with van der Waals surface area (Å²) in [5, 5.41) is 10.5. The molecule has 2 aromatic heterocycles. The van der Waals surface area contributed by atoms with Gasteiger partial charge in [-0.1, -0.05) is 48.9 Å². The van der Waals surface area contributed by atoms with E-state index in [1.807, 2.05) is 43.3 Å². The number of aryl methyl sites for hydroxylation is 2. The molecule has 0 unspecified atom stereocenters. The summed E-state index contributed by atoms with van der Waals surface area (Å²) in [5.41, 5.74) is 4.46. The predicted molar refractivity (Wildman–Crippen MR) is 115 cm³/mol. The lowest BCUT2D eigenvalue weighted by molar-refractivity contribution is 0.0274. The molecule has 4 aromatic rings. The second kappa shape index (κ2) is 8.59. The molecule has 0 aliphatic carbocycles. The van der Waals surface area contributed by atoms with Gasteiger partial charge in [0.2, 0.25) is 5.89 Å². The van der Waals surface area contributed by atoms with Gasteiger partial charge >= 0.3 is 5.97 Å². The molecule has 0 N–H and O–H groups in total. The van der Waals surface area contributed by atoms with Gasteiger partial charge in [0.05, 0.1) is 0 Å². The number of aromatic nitrogens is 3. The second-order valence-corrected chi connectivity index (χ2v) is 7.81. The first-order chi connectivity index (χ1) is 14.5. The molecule has 7 heteroatoms. The van der Waals surface area contributed by atoms with E-state index in [9.17, 15) is 4.79 Å². The normalized spacial score (nSPS) is 12.0. The Kier molecular flexibility index (Phi) is 5.72. The molecule has 0 amide bonds. The van der Waals surface area contributed by atoms with Crippen LogP contribution in [0, 0.1) is 6.92 Å². The van der Waals surface area contributed by atoms with E-state index < -0.39 is 12.1 Å². The first kappa shape index (κ1) is 20.0. The van der Waals surface area contributed by atoms with Crippen molar-refractivity contribution in [1.82, 2.24) is 15.2 Å². The highest BCUT2D eigenvalue weighted by Crippen LogP contribution is 2.27. The van der Waals surface area contributed by atoms with Crippen LogP contribution in [0.15, 0.2) is 58.3 Å². The van der Waals surface area contributed by atoms with Gasteiger partial charge in [0.1, 0.15) is 5.01 Å². The smallest absolute Gasteiger partial charge is 0.358 e. The molecule has 6 nitrogen and oxygen atoms in total. The van der Waals surface area contributed by atoms with Crippen molar-refractivity contribution < 1.29 is 13.9 Å². The number of ether oxygens (including phenoxy) is 1. The number of thiazole rings is 1. The average molecular weight is 420 g/mol. The minimum atomic E-state index is -0.682. The van der Waals surface area contributed by atoms with Gasteiger partial charge in [0.25, 0.3) is 5.89 Å². The molecular formula is C23H21N3O3S. The largest absolute Gasteiger partial charge is 0.448 e. The second-order valence-electron chi connectivity index (χ2n) is 6.95. The molecule has 0 spiro atoms. The van der Waals surface area contributed by atoms with Crippen LogP contribution in [0.1, 0.15) is 47.5 Å². The van der Waals surface area contributed by atoms with Crippen LogP contribution >= 0.6 is 11.3 Å². The molecular weight excluding hydrogens is 398 g/mol. The van der Waals surface area contributed by atoms with Gasteiger partial charge in [-0.3, -0.25) is 0 Å². The van der Waals surface area contributed by atoms with Gasteiger partial charge in [0.15, 0.2) is 11.8 Å². The standard InChI is InChI=1S/C23H21N3O3S/c1-4-16-7-11-18(12-8-16)22-24-19(13-30-22)23(27)28-15(3)20-25-26-21(29-20)17-9-5-14(2)6-10-17/h5-13,15H,4H2,1-3H3/t15-/m0/s1. The van der Waals surface area contributed by atoms with Crippen LogP contribution in [0.2, 0.25) is 0 Å². The van der Waals surface area contributed by atoms with Crippen molar-refractivity contribution in [2.24, 2.45) is 0 Å². The Morgan fingerprint density at radius 1 is 1.07 bits per heavy atom. The van der Waals surface area contributed by atoms with Crippen LogP contribution in [0.25, 0.3) is 22.0 Å². The van der Waals surface area contributed by atoms with E-state index in [4.69, 9.17) is 9.15 Å². The van der Waals surface area contributed by atoms with E-state index in [2.05, 4.69) is 34.2 Å². The lowest BCUT2D eigenvalue weighted by atomic mass is 10.1. The third kappa shape index (κ3) is 4.31. The van der Waals surface area contributed by atoms with Crippen molar-refractivity contribution in [3.8, 4) is 22.0 Å². The molecule has 0 radical (unpaired) electrons. The Hall–Kier alpha value is -3.32. The molecule has 4 rings (SSSR count). The summed E-state index contributed by atoms with van der Waals surface area (Å²) in [6.07, 6.45) is 0.299. The fourth-order valence-corrected chi connectivity index (χ4v) is 3.66.